The minimum absolute atomic E-state index is 0.0507. The predicted molar refractivity (Wildman–Crippen MR) is 114 cm³/mol. The number of fused-ring (bicyclic) bond motifs is 2. The molecule has 2 aromatic carbocycles. The van der Waals surface area contributed by atoms with Crippen LogP contribution >= 0.6 is 0 Å². The summed E-state index contributed by atoms with van der Waals surface area (Å²) >= 11 is 0. The molecule has 0 atom stereocenters. The Morgan fingerprint density at radius 2 is 1.84 bits per heavy atom. The SMILES string of the molecule is CC(C)C(=O)c1ccc(-c2c3cc(F)c(=[NH2+])cc-3oc3cc(N)c(F)cc23)c(OC=O)c1. The molecule has 2 aliphatic rings. The molecule has 0 radical (unpaired) electrons. The number of ether oxygens (including phenoxy) is 1. The van der Waals surface area contributed by atoms with Crippen LogP contribution in [-0.4, -0.2) is 12.3 Å². The van der Waals surface area contributed by atoms with Crippen molar-refractivity contribution in [1.29, 1.82) is 0 Å². The molecule has 1 heterocycles. The zero-order chi connectivity index (χ0) is 23.2. The third-order valence-corrected chi connectivity index (χ3v) is 5.19. The van der Waals surface area contributed by atoms with Crippen molar-refractivity contribution in [2.24, 2.45) is 5.92 Å². The largest absolute Gasteiger partial charge is 0.456 e. The molecule has 8 heteroatoms. The second-order valence-electron chi connectivity index (χ2n) is 7.66. The van der Waals surface area contributed by atoms with Gasteiger partial charge in [-0.15, -0.1) is 0 Å². The molecule has 4 N–H and O–H groups in total. The maximum Gasteiger partial charge on any atom is 0.298 e. The van der Waals surface area contributed by atoms with Crippen LogP contribution in [0.1, 0.15) is 24.2 Å². The molecule has 2 aromatic rings. The minimum Gasteiger partial charge on any atom is -0.456 e. The summed E-state index contributed by atoms with van der Waals surface area (Å²) in [6.45, 7) is 3.71. The number of carbonyl (C=O) groups is 2. The van der Waals surface area contributed by atoms with Crippen molar-refractivity contribution in [2.75, 3.05) is 5.73 Å². The van der Waals surface area contributed by atoms with Crippen LogP contribution in [-0.2, 0) is 4.79 Å². The second-order valence-corrected chi connectivity index (χ2v) is 7.66. The molecule has 162 valence electrons. The summed E-state index contributed by atoms with van der Waals surface area (Å²) in [4.78, 5) is 23.7. The van der Waals surface area contributed by atoms with Gasteiger partial charge in [0.25, 0.3) is 6.47 Å². The van der Waals surface area contributed by atoms with Gasteiger partial charge in [-0.1, -0.05) is 19.9 Å². The molecule has 1 aliphatic heterocycles. The topological polar surface area (TPSA) is 108 Å². The van der Waals surface area contributed by atoms with E-state index in [-0.39, 0.29) is 57.3 Å². The molecular formula is C24H19F2N2O4+. The Labute approximate surface area is 181 Å². The summed E-state index contributed by atoms with van der Waals surface area (Å²) in [6, 6.07) is 9.50. The van der Waals surface area contributed by atoms with Crippen molar-refractivity contribution in [3.05, 3.63) is 65.0 Å². The zero-order valence-electron chi connectivity index (χ0n) is 17.2. The number of halogens is 2. The van der Waals surface area contributed by atoms with E-state index in [1.807, 2.05) is 0 Å². The molecule has 0 spiro atoms. The maximum atomic E-state index is 14.4. The average Bonchev–Trinajstić information content (AvgIpc) is 2.74. The van der Waals surface area contributed by atoms with Gasteiger partial charge < -0.3 is 14.9 Å². The molecule has 0 bridgehead atoms. The molecule has 0 fully saturated rings. The first kappa shape index (κ1) is 21.2. The van der Waals surface area contributed by atoms with Gasteiger partial charge in [0.15, 0.2) is 11.6 Å². The summed E-state index contributed by atoms with van der Waals surface area (Å²) in [5.41, 5.74) is 7.05. The number of rotatable bonds is 5. The fourth-order valence-corrected chi connectivity index (χ4v) is 3.62. The van der Waals surface area contributed by atoms with Gasteiger partial charge in [0.1, 0.15) is 22.9 Å². The monoisotopic (exact) mass is 437 g/mol. The highest BCUT2D eigenvalue weighted by Crippen LogP contribution is 2.44. The Kier molecular flexibility index (Phi) is 5.22. The molecule has 0 aromatic heterocycles. The van der Waals surface area contributed by atoms with Gasteiger partial charge in [0.05, 0.1) is 11.8 Å². The molecular weight excluding hydrogens is 418 g/mol. The highest BCUT2D eigenvalue weighted by atomic mass is 19.1. The standard InChI is InChI=1S/C24H18F2N2O4/c1-11(2)24(30)12-3-4-13(20(5-12)31-10-29)23-14-6-16(25)18(27)8-21(14)32-22-9-19(28)17(26)7-15(22)23/h3-11,27H,28H2,1-2H3/p+1. The molecule has 32 heavy (non-hydrogen) atoms. The van der Waals surface area contributed by atoms with E-state index in [0.717, 1.165) is 12.1 Å². The fourth-order valence-electron chi connectivity index (χ4n) is 3.62. The number of ketones is 1. The van der Waals surface area contributed by atoms with E-state index in [4.69, 9.17) is 20.3 Å². The molecule has 0 unspecified atom stereocenters. The van der Waals surface area contributed by atoms with Gasteiger partial charge in [-0.2, -0.15) is 4.39 Å². The van der Waals surface area contributed by atoms with Crippen molar-refractivity contribution in [1.82, 2.24) is 0 Å². The van der Waals surface area contributed by atoms with Crippen LogP contribution in [0.15, 0.2) is 46.9 Å². The summed E-state index contributed by atoms with van der Waals surface area (Å²) in [6.07, 6.45) is 0. The van der Waals surface area contributed by atoms with Crippen LogP contribution in [0.3, 0.4) is 0 Å². The Morgan fingerprint density at radius 3 is 2.53 bits per heavy atom. The number of hydrogen-bond acceptors (Lipinski definition) is 5. The highest BCUT2D eigenvalue weighted by Gasteiger charge is 2.24. The van der Waals surface area contributed by atoms with Gasteiger partial charge in [-0.3, -0.25) is 15.0 Å². The normalized spacial score (nSPS) is 11.3. The van der Waals surface area contributed by atoms with Gasteiger partial charge in [0.2, 0.25) is 5.36 Å². The predicted octanol–water partition coefficient (Wildman–Crippen LogP) is 3.10. The lowest BCUT2D eigenvalue weighted by atomic mass is 9.91. The van der Waals surface area contributed by atoms with E-state index in [1.165, 1.54) is 18.2 Å². The van der Waals surface area contributed by atoms with Crippen LogP contribution in [0.25, 0.3) is 33.4 Å². The van der Waals surface area contributed by atoms with E-state index in [9.17, 15) is 18.4 Å². The number of nitrogens with two attached hydrogens (primary N) is 2. The number of anilines is 1. The average molecular weight is 437 g/mol. The smallest absolute Gasteiger partial charge is 0.298 e. The van der Waals surface area contributed by atoms with E-state index < -0.39 is 11.6 Å². The van der Waals surface area contributed by atoms with Crippen LogP contribution < -0.4 is 21.2 Å². The van der Waals surface area contributed by atoms with E-state index in [0.29, 0.717) is 16.7 Å². The number of nitrogen functional groups attached to an aromatic ring is 1. The van der Waals surface area contributed by atoms with Crippen LogP contribution in [0.2, 0.25) is 0 Å². The van der Waals surface area contributed by atoms with E-state index in [1.54, 1.807) is 26.0 Å². The molecule has 6 nitrogen and oxygen atoms in total. The van der Waals surface area contributed by atoms with E-state index in [2.05, 4.69) is 0 Å². The first-order valence-corrected chi connectivity index (χ1v) is 9.73. The molecule has 0 saturated carbocycles. The minimum atomic E-state index is -0.700. The van der Waals surface area contributed by atoms with Crippen molar-refractivity contribution in [3.8, 4) is 28.2 Å². The number of hydrogen-bond donors (Lipinski definition) is 2. The summed E-state index contributed by atoms with van der Waals surface area (Å²) < 4.78 is 39.8. The summed E-state index contributed by atoms with van der Waals surface area (Å²) in [5.74, 6) is -1.56. The molecule has 4 rings (SSSR count). The number of carbonyl (C=O) groups excluding carboxylic acids is 2. The van der Waals surface area contributed by atoms with Gasteiger partial charge in [-0.25, -0.2) is 4.39 Å². The maximum absolute atomic E-state index is 14.4. The third-order valence-electron chi connectivity index (χ3n) is 5.19. The van der Waals surface area contributed by atoms with Crippen molar-refractivity contribution >= 4 is 28.9 Å². The van der Waals surface area contributed by atoms with Crippen molar-refractivity contribution in [3.63, 3.8) is 0 Å². The molecule has 0 amide bonds. The van der Waals surface area contributed by atoms with Gasteiger partial charge in [-0.05, 0) is 24.3 Å². The summed E-state index contributed by atoms with van der Waals surface area (Å²) in [7, 11) is 0. The first-order chi connectivity index (χ1) is 15.2. The zero-order valence-corrected chi connectivity index (χ0v) is 17.2. The Hall–Kier alpha value is -4.07. The second kappa shape index (κ2) is 7.88. The third kappa shape index (κ3) is 3.49. The molecule has 1 aliphatic carbocycles. The highest BCUT2D eigenvalue weighted by molar-refractivity contribution is 6.05. The molecule has 0 saturated heterocycles. The van der Waals surface area contributed by atoms with Gasteiger partial charge >= 0.3 is 0 Å². The first-order valence-electron chi connectivity index (χ1n) is 9.73. The Morgan fingerprint density at radius 1 is 1.09 bits per heavy atom. The van der Waals surface area contributed by atoms with Crippen LogP contribution in [0, 0.1) is 17.6 Å². The Balaban J connectivity index is 2.14. The van der Waals surface area contributed by atoms with E-state index >= 15 is 0 Å². The van der Waals surface area contributed by atoms with Gasteiger partial charge in [0, 0.05) is 39.6 Å². The van der Waals surface area contributed by atoms with Crippen molar-refractivity contribution < 1.29 is 32.9 Å². The lowest BCUT2D eigenvalue weighted by molar-refractivity contribution is -0.176. The fraction of sp³-hybridized carbons (Fsp3) is 0.125. The quantitative estimate of drug-likeness (QED) is 0.216. The van der Waals surface area contributed by atoms with Crippen molar-refractivity contribution in [2.45, 2.75) is 13.8 Å². The lowest BCUT2D eigenvalue weighted by Gasteiger charge is -2.18. The number of Topliss-reactive ketones (excluding diaryl/α,β-unsaturated/α-hetero) is 1. The van der Waals surface area contributed by atoms with Crippen LogP contribution in [0.5, 0.6) is 5.75 Å². The number of benzene rings is 3. The summed E-state index contributed by atoms with van der Waals surface area (Å²) in [5, 5.41) is 5.84. The lowest BCUT2D eigenvalue weighted by Crippen LogP contribution is -2.46. The Bertz CT molecular complexity index is 1430. The van der Waals surface area contributed by atoms with Crippen LogP contribution in [0.4, 0.5) is 14.5 Å².